The Kier molecular flexibility index (Phi) is 5.13. The zero-order valence-electron chi connectivity index (χ0n) is 8.07. The summed E-state index contributed by atoms with van der Waals surface area (Å²) in [5.74, 6) is 1.16. The molecule has 0 heterocycles. The van der Waals surface area contributed by atoms with Crippen LogP contribution in [-0.2, 0) is 0 Å². The van der Waals surface area contributed by atoms with E-state index in [1.54, 1.807) is 0 Å². The minimum atomic E-state index is -0.844. The fourth-order valence-electron chi connectivity index (χ4n) is 0.757. The van der Waals surface area contributed by atoms with E-state index in [1.165, 1.54) is 16.3 Å². The molecule has 12 heavy (non-hydrogen) atoms. The Morgan fingerprint density at radius 1 is 1.50 bits per heavy atom. The van der Waals surface area contributed by atoms with Crippen molar-refractivity contribution in [2.24, 2.45) is 5.92 Å². The van der Waals surface area contributed by atoms with Crippen LogP contribution in [0.5, 0.6) is 0 Å². The number of rotatable bonds is 4. The molecule has 0 rings (SSSR count). The van der Waals surface area contributed by atoms with Gasteiger partial charge in [-0.1, -0.05) is 20.8 Å². The number of amides is 1. The highest BCUT2D eigenvalue weighted by molar-refractivity contribution is 7.97. The van der Waals surface area contributed by atoms with Crippen molar-refractivity contribution in [3.8, 4) is 0 Å². The summed E-state index contributed by atoms with van der Waals surface area (Å²) in [5, 5.41) is 8.83. The first-order valence-electron chi connectivity index (χ1n) is 4.15. The quantitative estimate of drug-likeness (QED) is 0.694. The lowest BCUT2D eigenvalue weighted by atomic mass is 10.1. The second-order valence-corrected chi connectivity index (χ2v) is 4.24. The van der Waals surface area contributed by atoms with E-state index < -0.39 is 6.09 Å². The Hall–Kier alpha value is -0.380. The summed E-state index contributed by atoms with van der Waals surface area (Å²) < 4.78 is 1.42. The van der Waals surface area contributed by atoms with Crippen LogP contribution in [0.1, 0.15) is 27.7 Å². The highest BCUT2D eigenvalue weighted by atomic mass is 32.2. The fourth-order valence-corrected chi connectivity index (χ4v) is 1.62. The van der Waals surface area contributed by atoms with Gasteiger partial charge >= 0.3 is 6.09 Å². The second-order valence-electron chi connectivity index (χ2n) is 3.01. The van der Waals surface area contributed by atoms with E-state index in [9.17, 15) is 4.79 Å². The number of nitrogens with zero attached hydrogens (tertiary/aromatic N) is 1. The molecule has 1 N–H and O–H groups in total. The van der Waals surface area contributed by atoms with Crippen LogP contribution < -0.4 is 0 Å². The normalized spacial score (nSPS) is 13.1. The summed E-state index contributed by atoms with van der Waals surface area (Å²) in [5.41, 5.74) is 0. The van der Waals surface area contributed by atoms with Crippen LogP contribution in [0.2, 0.25) is 0 Å². The molecule has 0 aromatic rings. The van der Waals surface area contributed by atoms with Gasteiger partial charge in [0.25, 0.3) is 0 Å². The summed E-state index contributed by atoms with van der Waals surface area (Å²) in [6.45, 7) is 7.93. The van der Waals surface area contributed by atoms with Crippen molar-refractivity contribution in [2.45, 2.75) is 33.7 Å². The van der Waals surface area contributed by atoms with Crippen molar-refractivity contribution in [3.05, 3.63) is 0 Å². The van der Waals surface area contributed by atoms with Crippen molar-refractivity contribution < 1.29 is 9.90 Å². The van der Waals surface area contributed by atoms with Gasteiger partial charge in [-0.15, -0.1) is 0 Å². The molecule has 0 radical (unpaired) electrons. The molecule has 72 valence electrons. The molecule has 0 bridgehead atoms. The fraction of sp³-hybridized carbons (Fsp3) is 0.875. The number of carbonyl (C=O) groups is 1. The van der Waals surface area contributed by atoms with E-state index in [4.69, 9.17) is 5.11 Å². The predicted octanol–water partition coefficient (Wildman–Crippen LogP) is 2.68. The molecule has 1 atom stereocenters. The van der Waals surface area contributed by atoms with Crippen molar-refractivity contribution in [3.63, 3.8) is 0 Å². The van der Waals surface area contributed by atoms with Gasteiger partial charge in [-0.2, -0.15) is 0 Å². The molecule has 1 unspecified atom stereocenters. The van der Waals surface area contributed by atoms with Crippen molar-refractivity contribution in [2.75, 3.05) is 5.75 Å². The summed E-state index contributed by atoms with van der Waals surface area (Å²) in [6.07, 6.45) is -0.844. The molecule has 0 aliphatic heterocycles. The Morgan fingerprint density at radius 2 is 2.00 bits per heavy atom. The van der Waals surface area contributed by atoms with Crippen LogP contribution in [0, 0.1) is 5.92 Å². The lowest BCUT2D eigenvalue weighted by Gasteiger charge is -2.27. The third-order valence-electron chi connectivity index (χ3n) is 1.79. The van der Waals surface area contributed by atoms with E-state index >= 15 is 0 Å². The average Bonchev–Trinajstić information content (AvgIpc) is 1.98. The van der Waals surface area contributed by atoms with Crippen molar-refractivity contribution >= 4 is 18.0 Å². The topological polar surface area (TPSA) is 40.5 Å². The first kappa shape index (κ1) is 11.6. The van der Waals surface area contributed by atoms with Crippen LogP contribution in [0.4, 0.5) is 4.79 Å². The standard InChI is InChI=1S/C8H17NO2S/c1-5-12-9(8(10)11)7(4)6(2)3/h6-7H,5H2,1-4H3,(H,10,11). The minimum Gasteiger partial charge on any atom is -0.464 e. The Morgan fingerprint density at radius 3 is 2.25 bits per heavy atom. The molecule has 3 nitrogen and oxygen atoms in total. The van der Waals surface area contributed by atoms with Crippen LogP contribution in [0.25, 0.3) is 0 Å². The van der Waals surface area contributed by atoms with Crippen LogP contribution in [0.15, 0.2) is 0 Å². The lowest BCUT2D eigenvalue weighted by molar-refractivity contribution is 0.159. The molecule has 0 saturated heterocycles. The molecule has 4 heteroatoms. The maximum atomic E-state index is 10.7. The summed E-state index contributed by atoms with van der Waals surface area (Å²) in [6, 6.07) is 0.0763. The maximum Gasteiger partial charge on any atom is 0.417 e. The van der Waals surface area contributed by atoms with E-state index in [2.05, 4.69) is 0 Å². The summed E-state index contributed by atoms with van der Waals surface area (Å²) in [7, 11) is 0. The summed E-state index contributed by atoms with van der Waals surface area (Å²) in [4.78, 5) is 10.7. The minimum absolute atomic E-state index is 0.0763. The van der Waals surface area contributed by atoms with E-state index in [0.717, 1.165) is 5.75 Å². The third-order valence-corrected chi connectivity index (χ3v) is 2.82. The molecule has 0 aliphatic carbocycles. The predicted molar refractivity (Wildman–Crippen MR) is 52.3 cm³/mol. The van der Waals surface area contributed by atoms with Gasteiger partial charge in [0.05, 0.1) is 0 Å². The summed E-state index contributed by atoms with van der Waals surface area (Å²) >= 11 is 1.35. The molecule has 0 aromatic heterocycles. The van der Waals surface area contributed by atoms with Crippen LogP contribution in [-0.4, -0.2) is 27.3 Å². The molecule has 0 aliphatic rings. The Balaban J connectivity index is 4.18. The van der Waals surface area contributed by atoms with Crippen LogP contribution >= 0.6 is 11.9 Å². The number of hydrogen-bond donors (Lipinski definition) is 1. The lowest BCUT2D eigenvalue weighted by Crippen LogP contribution is -2.35. The number of hydrogen-bond acceptors (Lipinski definition) is 2. The van der Waals surface area contributed by atoms with Gasteiger partial charge in [0.1, 0.15) is 0 Å². The van der Waals surface area contributed by atoms with Crippen molar-refractivity contribution in [1.29, 1.82) is 0 Å². The average molecular weight is 191 g/mol. The molecule has 0 spiro atoms. The van der Waals surface area contributed by atoms with Gasteiger partial charge in [-0.05, 0) is 24.8 Å². The number of carboxylic acid groups (broad SMARTS) is 1. The van der Waals surface area contributed by atoms with Gasteiger partial charge in [0.15, 0.2) is 0 Å². The van der Waals surface area contributed by atoms with Gasteiger partial charge < -0.3 is 5.11 Å². The van der Waals surface area contributed by atoms with E-state index in [0.29, 0.717) is 5.92 Å². The van der Waals surface area contributed by atoms with Gasteiger partial charge in [-0.3, -0.25) is 0 Å². The highest BCUT2D eigenvalue weighted by Crippen LogP contribution is 2.19. The molecule has 0 fully saturated rings. The van der Waals surface area contributed by atoms with Gasteiger partial charge in [0, 0.05) is 11.8 Å². The highest BCUT2D eigenvalue weighted by Gasteiger charge is 2.21. The van der Waals surface area contributed by atoms with E-state index in [1.807, 2.05) is 27.7 Å². The molecular formula is C8H17NO2S. The monoisotopic (exact) mass is 191 g/mol. The third kappa shape index (κ3) is 3.34. The molecule has 0 saturated carbocycles. The first-order valence-corrected chi connectivity index (χ1v) is 5.10. The zero-order valence-corrected chi connectivity index (χ0v) is 8.89. The van der Waals surface area contributed by atoms with E-state index in [-0.39, 0.29) is 6.04 Å². The second kappa shape index (κ2) is 5.30. The smallest absolute Gasteiger partial charge is 0.417 e. The largest absolute Gasteiger partial charge is 0.464 e. The SMILES string of the molecule is CCSN(C(=O)O)C(C)C(C)C. The Bertz CT molecular complexity index is 150. The molecular weight excluding hydrogens is 174 g/mol. The maximum absolute atomic E-state index is 10.7. The van der Waals surface area contributed by atoms with Gasteiger partial charge in [0.2, 0.25) is 0 Å². The molecule has 1 amide bonds. The van der Waals surface area contributed by atoms with Gasteiger partial charge in [-0.25, -0.2) is 9.10 Å². The first-order chi connectivity index (χ1) is 5.50. The zero-order chi connectivity index (χ0) is 9.72. The van der Waals surface area contributed by atoms with Crippen LogP contribution in [0.3, 0.4) is 0 Å². The Labute approximate surface area is 78.3 Å². The van der Waals surface area contributed by atoms with Crippen molar-refractivity contribution in [1.82, 2.24) is 4.31 Å². The molecule has 0 aromatic carbocycles.